The van der Waals surface area contributed by atoms with Crippen LogP contribution in [0.2, 0.25) is 0 Å². The lowest BCUT2D eigenvalue weighted by Gasteiger charge is -2.07. The molecule has 3 rings (SSSR count). The summed E-state index contributed by atoms with van der Waals surface area (Å²) in [5, 5.41) is 18.3. The topological polar surface area (TPSA) is 117 Å². The molecule has 0 aliphatic rings. The van der Waals surface area contributed by atoms with Crippen molar-refractivity contribution < 1.29 is 18.8 Å². The van der Waals surface area contributed by atoms with Crippen LogP contribution in [0.25, 0.3) is 11.4 Å². The van der Waals surface area contributed by atoms with Crippen LogP contribution in [0.1, 0.15) is 5.76 Å². The number of carbonyl (C=O) groups is 1. The number of carbonyl (C=O) groups excluding carboxylic acids is 1. The van der Waals surface area contributed by atoms with Crippen molar-refractivity contribution in [3.8, 4) is 22.9 Å². The Morgan fingerprint density at radius 1 is 1.24 bits per heavy atom. The maximum atomic E-state index is 12.0. The van der Waals surface area contributed by atoms with Crippen molar-refractivity contribution in [3.05, 3.63) is 30.0 Å². The zero-order valence-corrected chi connectivity index (χ0v) is 13.9. The van der Waals surface area contributed by atoms with E-state index in [2.05, 4.69) is 25.9 Å². The summed E-state index contributed by atoms with van der Waals surface area (Å²) in [5.74, 6) is 2.11. The third-order valence-corrected chi connectivity index (χ3v) is 3.28. The maximum Gasteiger partial charge on any atom is 0.249 e. The average molecular weight is 344 g/mol. The molecule has 10 heteroatoms. The van der Waals surface area contributed by atoms with Crippen molar-refractivity contribution in [3.63, 3.8) is 0 Å². The number of nitrogens with one attached hydrogen (secondary N) is 1. The molecule has 0 saturated heterocycles. The molecule has 0 bridgehead atoms. The molecule has 0 spiro atoms. The number of rotatable bonds is 6. The van der Waals surface area contributed by atoms with Crippen molar-refractivity contribution in [1.82, 2.24) is 25.4 Å². The SMILES string of the molecule is COc1ccc(-c2nnn(CC(=O)Nc3cc(C)on3)n2)cc1OC. The first-order valence-corrected chi connectivity index (χ1v) is 7.32. The fraction of sp³-hybridized carbons (Fsp3) is 0.267. The average Bonchev–Trinajstić information content (AvgIpc) is 3.23. The summed E-state index contributed by atoms with van der Waals surface area (Å²) in [5.41, 5.74) is 0.691. The fourth-order valence-electron chi connectivity index (χ4n) is 2.14. The molecule has 3 aromatic rings. The van der Waals surface area contributed by atoms with Crippen LogP contribution in [0.3, 0.4) is 0 Å². The van der Waals surface area contributed by atoms with Gasteiger partial charge in [0.05, 0.1) is 14.2 Å². The Labute approximate surface area is 142 Å². The Kier molecular flexibility index (Phi) is 4.59. The molecular weight excluding hydrogens is 328 g/mol. The van der Waals surface area contributed by atoms with Gasteiger partial charge in [-0.25, -0.2) is 0 Å². The van der Waals surface area contributed by atoms with Crippen LogP contribution < -0.4 is 14.8 Å². The van der Waals surface area contributed by atoms with Crippen LogP contribution in [0.4, 0.5) is 5.82 Å². The molecule has 0 radical (unpaired) electrons. The second-order valence-corrected chi connectivity index (χ2v) is 5.08. The summed E-state index contributed by atoms with van der Waals surface area (Å²) in [4.78, 5) is 13.2. The molecule has 1 N–H and O–H groups in total. The highest BCUT2D eigenvalue weighted by atomic mass is 16.5. The first-order valence-electron chi connectivity index (χ1n) is 7.32. The van der Waals surface area contributed by atoms with Gasteiger partial charge in [0.25, 0.3) is 0 Å². The second kappa shape index (κ2) is 6.99. The Hall–Kier alpha value is -3.43. The molecule has 10 nitrogen and oxygen atoms in total. The van der Waals surface area contributed by atoms with Gasteiger partial charge in [-0.1, -0.05) is 5.16 Å². The Morgan fingerprint density at radius 3 is 2.72 bits per heavy atom. The normalized spacial score (nSPS) is 10.5. The van der Waals surface area contributed by atoms with E-state index in [9.17, 15) is 4.79 Å². The zero-order chi connectivity index (χ0) is 17.8. The first-order chi connectivity index (χ1) is 12.1. The van der Waals surface area contributed by atoms with Crippen LogP contribution in [0.15, 0.2) is 28.8 Å². The lowest BCUT2D eigenvalue weighted by Crippen LogP contribution is -2.20. The van der Waals surface area contributed by atoms with Gasteiger partial charge >= 0.3 is 0 Å². The lowest BCUT2D eigenvalue weighted by molar-refractivity contribution is -0.117. The lowest BCUT2D eigenvalue weighted by atomic mass is 10.2. The van der Waals surface area contributed by atoms with E-state index in [4.69, 9.17) is 14.0 Å². The first kappa shape index (κ1) is 16.4. The van der Waals surface area contributed by atoms with Crippen molar-refractivity contribution >= 4 is 11.7 Å². The van der Waals surface area contributed by atoms with Gasteiger partial charge in [0.1, 0.15) is 12.3 Å². The van der Waals surface area contributed by atoms with Crippen molar-refractivity contribution in [2.75, 3.05) is 19.5 Å². The van der Waals surface area contributed by atoms with Gasteiger partial charge in [0.2, 0.25) is 11.7 Å². The molecular formula is C15H16N6O4. The molecule has 0 fully saturated rings. The van der Waals surface area contributed by atoms with E-state index in [0.717, 1.165) is 0 Å². The zero-order valence-electron chi connectivity index (χ0n) is 13.9. The number of benzene rings is 1. The summed E-state index contributed by atoms with van der Waals surface area (Å²) < 4.78 is 15.3. The van der Waals surface area contributed by atoms with Crippen LogP contribution >= 0.6 is 0 Å². The van der Waals surface area contributed by atoms with Gasteiger partial charge in [-0.15, -0.1) is 10.2 Å². The molecule has 2 heterocycles. The number of amides is 1. The van der Waals surface area contributed by atoms with Crippen LogP contribution in [0.5, 0.6) is 11.5 Å². The molecule has 0 saturated carbocycles. The minimum Gasteiger partial charge on any atom is -0.493 e. The number of ether oxygens (including phenoxy) is 2. The van der Waals surface area contributed by atoms with Crippen molar-refractivity contribution in [2.45, 2.75) is 13.5 Å². The van der Waals surface area contributed by atoms with Gasteiger partial charge in [0.15, 0.2) is 17.3 Å². The predicted molar refractivity (Wildman–Crippen MR) is 86.2 cm³/mol. The maximum absolute atomic E-state index is 12.0. The minimum absolute atomic E-state index is 0.105. The van der Waals surface area contributed by atoms with Gasteiger partial charge in [-0.3, -0.25) is 4.79 Å². The van der Waals surface area contributed by atoms with E-state index in [1.165, 1.54) is 4.80 Å². The molecule has 1 amide bonds. The molecule has 0 aliphatic carbocycles. The van der Waals surface area contributed by atoms with Crippen molar-refractivity contribution in [2.24, 2.45) is 0 Å². The summed E-state index contributed by atoms with van der Waals surface area (Å²) >= 11 is 0. The molecule has 25 heavy (non-hydrogen) atoms. The van der Waals surface area contributed by atoms with Crippen LogP contribution in [-0.4, -0.2) is 45.5 Å². The van der Waals surface area contributed by atoms with Gasteiger partial charge in [-0.2, -0.15) is 4.80 Å². The van der Waals surface area contributed by atoms with Gasteiger partial charge in [0, 0.05) is 11.6 Å². The number of nitrogens with zero attached hydrogens (tertiary/aromatic N) is 5. The predicted octanol–water partition coefficient (Wildman–Crippen LogP) is 1.29. The summed E-state index contributed by atoms with van der Waals surface area (Å²) in [6.45, 7) is 1.63. The van der Waals surface area contributed by atoms with E-state index >= 15 is 0 Å². The fourth-order valence-corrected chi connectivity index (χ4v) is 2.14. The number of anilines is 1. The highest BCUT2D eigenvalue weighted by Crippen LogP contribution is 2.30. The Bertz CT molecular complexity index is 888. The summed E-state index contributed by atoms with van der Waals surface area (Å²) in [7, 11) is 3.10. The molecule has 130 valence electrons. The number of aromatic nitrogens is 5. The molecule has 0 unspecified atom stereocenters. The quantitative estimate of drug-likeness (QED) is 0.711. The molecule has 2 aromatic heterocycles. The van der Waals surface area contributed by atoms with Crippen LogP contribution in [0, 0.1) is 6.92 Å². The van der Waals surface area contributed by atoms with Gasteiger partial charge < -0.3 is 19.3 Å². The number of tetrazole rings is 1. The molecule has 0 aliphatic heterocycles. The van der Waals surface area contributed by atoms with Gasteiger partial charge in [-0.05, 0) is 30.3 Å². The highest BCUT2D eigenvalue weighted by Gasteiger charge is 2.13. The largest absolute Gasteiger partial charge is 0.493 e. The number of hydrogen-bond acceptors (Lipinski definition) is 8. The van der Waals surface area contributed by atoms with E-state index in [-0.39, 0.29) is 12.5 Å². The van der Waals surface area contributed by atoms with E-state index in [1.807, 2.05) is 0 Å². The van der Waals surface area contributed by atoms with E-state index in [0.29, 0.717) is 34.5 Å². The van der Waals surface area contributed by atoms with E-state index < -0.39 is 0 Å². The summed E-state index contributed by atoms with van der Waals surface area (Å²) in [6, 6.07) is 6.87. The van der Waals surface area contributed by atoms with Crippen LogP contribution in [-0.2, 0) is 11.3 Å². The third kappa shape index (κ3) is 3.74. The summed E-state index contributed by atoms with van der Waals surface area (Å²) in [6.07, 6.45) is 0. The number of methoxy groups -OCH3 is 2. The standard InChI is InChI=1S/C15H16N6O4/c1-9-6-13(19-25-9)16-14(22)8-21-18-15(17-20-21)10-4-5-11(23-2)12(7-10)24-3/h4-7H,8H2,1-3H3,(H,16,19,22). The highest BCUT2D eigenvalue weighted by molar-refractivity contribution is 5.89. The Balaban J connectivity index is 1.70. The number of aryl methyl sites for hydroxylation is 1. The molecule has 0 atom stereocenters. The minimum atomic E-state index is -0.343. The smallest absolute Gasteiger partial charge is 0.249 e. The monoisotopic (exact) mass is 344 g/mol. The van der Waals surface area contributed by atoms with E-state index in [1.54, 1.807) is 45.4 Å². The number of hydrogen-bond donors (Lipinski definition) is 1. The Morgan fingerprint density at radius 2 is 2.04 bits per heavy atom. The molecule has 1 aromatic carbocycles. The second-order valence-electron chi connectivity index (χ2n) is 5.08. The third-order valence-electron chi connectivity index (χ3n) is 3.28. The van der Waals surface area contributed by atoms with Crippen molar-refractivity contribution in [1.29, 1.82) is 0 Å².